The maximum atomic E-state index is 11.7. The van der Waals surface area contributed by atoms with Gasteiger partial charge in [0.25, 0.3) is 0 Å². The first-order valence-corrected chi connectivity index (χ1v) is 6.45. The number of amides is 1. The van der Waals surface area contributed by atoms with E-state index in [1.807, 2.05) is 20.0 Å². The maximum Gasteiger partial charge on any atom is 0.231 e. The fraction of sp³-hybridized carbons (Fsp3) is 0.364. The Balaban J connectivity index is 1.81. The molecule has 6 nitrogen and oxygen atoms in total. The number of thioether (sulfide) groups is 1. The molecule has 7 heteroatoms. The third-order valence-corrected chi connectivity index (χ3v) is 3.38. The lowest BCUT2D eigenvalue weighted by molar-refractivity contribution is -0.119. The Morgan fingerprint density at radius 1 is 1.67 bits per heavy atom. The SMILES string of the molecule is C[C@H](NC(=O)CSc1nncn1C)c1ccco1. The summed E-state index contributed by atoms with van der Waals surface area (Å²) in [7, 11) is 1.84. The standard InChI is InChI=1S/C11H14N4O2S/c1-8(9-4-3-5-17-9)13-10(16)6-18-11-14-12-7-15(11)2/h3-5,7-8H,6H2,1-2H3,(H,13,16)/t8-/m0/s1. The van der Waals surface area contributed by atoms with Gasteiger partial charge in [0, 0.05) is 7.05 Å². The fourth-order valence-electron chi connectivity index (χ4n) is 1.43. The van der Waals surface area contributed by atoms with Crippen molar-refractivity contribution in [3.05, 3.63) is 30.5 Å². The normalized spacial score (nSPS) is 12.3. The summed E-state index contributed by atoms with van der Waals surface area (Å²) in [5.41, 5.74) is 0. The number of carbonyl (C=O) groups is 1. The molecule has 0 bridgehead atoms. The lowest BCUT2D eigenvalue weighted by atomic mass is 10.2. The molecule has 18 heavy (non-hydrogen) atoms. The van der Waals surface area contributed by atoms with Crippen molar-refractivity contribution in [3.63, 3.8) is 0 Å². The molecule has 2 aromatic rings. The minimum atomic E-state index is -0.132. The summed E-state index contributed by atoms with van der Waals surface area (Å²) >= 11 is 1.35. The number of furan rings is 1. The van der Waals surface area contributed by atoms with Gasteiger partial charge in [0.2, 0.25) is 5.91 Å². The zero-order valence-corrected chi connectivity index (χ0v) is 11.0. The van der Waals surface area contributed by atoms with Crippen LogP contribution in [0.5, 0.6) is 0 Å². The van der Waals surface area contributed by atoms with E-state index in [1.165, 1.54) is 11.8 Å². The number of aryl methyl sites for hydroxylation is 1. The van der Waals surface area contributed by atoms with Gasteiger partial charge < -0.3 is 14.3 Å². The van der Waals surface area contributed by atoms with Crippen LogP contribution in [0.15, 0.2) is 34.3 Å². The Morgan fingerprint density at radius 2 is 2.50 bits per heavy atom. The zero-order chi connectivity index (χ0) is 13.0. The number of nitrogens with one attached hydrogen (secondary N) is 1. The van der Waals surface area contributed by atoms with Crippen LogP contribution < -0.4 is 5.32 Å². The summed E-state index contributed by atoms with van der Waals surface area (Å²) in [5, 5.41) is 11.2. The van der Waals surface area contributed by atoms with E-state index < -0.39 is 0 Å². The topological polar surface area (TPSA) is 73.0 Å². The van der Waals surface area contributed by atoms with E-state index in [4.69, 9.17) is 4.42 Å². The minimum absolute atomic E-state index is 0.0631. The molecule has 1 amide bonds. The summed E-state index contributed by atoms with van der Waals surface area (Å²) in [6, 6.07) is 3.50. The molecule has 2 rings (SSSR count). The van der Waals surface area contributed by atoms with Crippen LogP contribution in [0.2, 0.25) is 0 Å². The predicted molar refractivity (Wildman–Crippen MR) is 67.0 cm³/mol. The van der Waals surface area contributed by atoms with Gasteiger partial charge in [-0.1, -0.05) is 11.8 Å². The molecule has 0 fully saturated rings. The van der Waals surface area contributed by atoms with Gasteiger partial charge in [-0.05, 0) is 19.1 Å². The second-order valence-corrected chi connectivity index (χ2v) is 4.76. The number of carbonyl (C=O) groups excluding carboxylic acids is 1. The smallest absolute Gasteiger partial charge is 0.231 e. The van der Waals surface area contributed by atoms with Crippen LogP contribution in [-0.4, -0.2) is 26.4 Å². The molecule has 1 atom stereocenters. The molecular formula is C11H14N4O2S. The Kier molecular flexibility index (Phi) is 4.03. The van der Waals surface area contributed by atoms with Crippen molar-refractivity contribution >= 4 is 17.7 Å². The van der Waals surface area contributed by atoms with Crippen molar-refractivity contribution in [2.45, 2.75) is 18.1 Å². The van der Waals surface area contributed by atoms with Crippen molar-refractivity contribution in [1.29, 1.82) is 0 Å². The van der Waals surface area contributed by atoms with Crippen LogP contribution >= 0.6 is 11.8 Å². The highest BCUT2D eigenvalue weighted by molar-refractivity contribution is 7.99. The van der Waals surface area contributed by atoms with Crippen molar-refractivity contribution in [2.24, 2.45) is 7.05 Å². The molecule has 0 aliphatic heterocycles. The van der Waals surface area contributed by atoms with Crippen molar-refractivity contribution in [2.75, 3.05) is 5.75 Å². The highest BCUT2D eigenvalue weighted by Crippen LogP contribution is 2.15. The monoisotopic (exact) mass is 266 g/mol. The number of aromatic nitrogens is 3. The van der Waals surface area contributed by atoms with Gasteiger partial charge in [0.05, 0.1) is 18.1 Å². The van der Waals surface area contributed by atoms with E-state index >= 15 is 0 Å². The lowest BCUT2D eigenvalue weighted by Gasteiger charge is -2.10. The van der Waals surface area contributed by atoms with Gasteiger partial charge in [0.1, 0.15) is 12.1 Å². The molecule has 96 valence electrons. The first-order chi connectivity index (χ1) is 8.66. The average molecular weight is 266 g/mol. The van der Waals surface area contributed by atoms with E-state index in [0.717, 1.165) is 10.9 Å². The fourth-order valence-corrected chi connectivity index (χ4v) is 2.12. The van der Waals surface area contributed by atoms with Crippen molar-refractivity contribution < 1.29 is 9.21 Å². The number of rotatable bonds is 5. The summed E-state index contributed by atoms with van der Waals surface area (Å²) in [5.74, 6) is 0.983. The highest BCUT2D eigenvalue weighted by Gasteiger charge is 2.12. The van der Waals surface area contributed by atoms with Crippen molar-refractivity contribution in [1.82, 2.24) is 20.1 Å². The summed E-state index contributed by atoms with van der Waals surface area (Å²) in [6.45, 7) is 1.88. The molecule has 0 aliphatic carbocycles. The molecule has 0 saturated carbocycles. The Hall–Kier alpha value is -1.76. The molecule has 0 aliphatic rings. The molecular weight excluding hydrogens is 252 g/mol. The lowest BCUT2D eigenvalue weighted by Crippen LogP contribution is -2.28. The second kappa shape index (κ2) is 5.72. The molecule has 1 N–H and O–H groups in total. The zero-order valence-electron chi connectivity index (χ0n) is 10.2. The van der Waals surface area contributed by atoms with Gasteiger partial charge in [0.15, 0.2) is 5.16 Å². The summed E-state index contributed by atoms with van der Waals surface area (Å²) < 4.78 is 6.99. The minimum Gasteiger partial charge on any atom is -0.467 e. The third-order valence-electron chi connectivity index (χ3n) is 2.35. The van der Waals surface area contributed by atoms with E-state index in [-0.39, 0.29) is 11.9 Å². The molecule has 2 aromatic heterocycles. The van der Waals surface area contributed by atoms with Crippen LogP contribution in [0.25, 0.3) is 0 Å². The molecule has 0 saturated heterocycles. The first kappa shape index (κ1) is 12.7. The molecule has 0 aromatic carbocycles. The Morgan fingerprint density at radius 3 is 3.11 bits per heavy atom. The largest absolute Gasteiger partial charge is 0.467 e. The number of hydrogen-bond donors (Lipinski definition) is 1. The van der Waals surface area contributed by atoms with E-state index in [1.54, 1.807) is 23.2 Å². The molecule has 2 heterocycles. The van der Waals surface area contributed by atoms with Gasteiger partial charge in [-0.25, -0.2) is 0 Å². The quantitative estimate of drug-likeness (QED) is 0.828. The van der Waals surface area contributed by atoms with Crippen LogP contribution in [0, 0.1) is 0 Å². The van der Waals surface area contributed by atoms with Crippen LogP contribution in [0.3, 0.4) is 0 Å². The van der Waals surface area contributed by atoms with Crippen LogP contribution in [0.4, 0.5) is 0 Å². The molecule has 0 unspecified atom stereocenters. The third kappa shape index (κ3) is 3.13. The van der Waals surface area contributed by atoms with E-state index in [0.29, 0.717) is 5.75 Å². The van der Waals surface area contributed by atoms with Crippen molar-refractivity contribution in [3.8, 4) is 0 Å². The first-order valence-electron chi connectivity index (χ1n) is 5.46. The molecule has 0 spiro atoms. The summed E-state index contributed by atoms with van der Waals surface area (Å²) in [4.78, 5) is 11.7. The number of nitrogens with zero attached hydrogens (tertiary/aromatic N) is 3. The Labute approximate surface area is 109 Å². The average Bonchev–Trinajstić information content (AvgIpc) is 2.97. The maximum absolute atomic E-state index is 11.7. The molecule has 0 radical (unpaired) electrons. The van der Waals surface area contributed by atoms with Gasteiger partial charge in [-0.15, -0.1) is 10.2 Å². The van der Waals surface area contributed by atoms with Gasteiger partial charge in [-0.3, -0.25) is 4.79 Å². The highest BCUT2D eigenvalue weighted by atomic mass is 32.2. The van der Waals surface area contributed by atoms with E-state index in [9.17, 15) is 4.79 Å². The Bertz CT molecular complexity index is 509. The van der Waals surface area contributed by atoms with Crippen LogP contribution in [-0.2, 0) is 11.8 Å². The second-order valence-electron chi connectivity index (χ2n) is 3.82. The predicted octanol–water partition coefficient (Wildman–Crippen LogP) is 1.38. The van der Waals surface area contributed by atoms with Gasteiger partial charge >= 0.3 is 0 Å². The van der Waals surface area contributed by atoms with Gasteiger partial charge in [-0.2, -0.15) is 0 Å². The van der Waals surface area contributed by atoms with Crippen LogP contribution in [0.1, 0.15) is 18.7 Å². The van der Waals surface area contributed by atoms with E-state index in [2.05, 4.69) is 15.5 Å². The number of hydrogen-bond acceptors (Lipinski definition) is 5. The summed E-state index contributed by atoms with van der Waals surface area (Å²) in [6.07, 6.45) is 3.19.